The van der Waals surface area contributed by atoms with Crippen LogP contribution in [0.25, 0.3) is 0 Å². The SMILES string of the molecule is O=CC(O)C(O)COP(=O)([O-])[O-].[K+].[K+]. The number of phosphoric ester groups is 1. The van der Waals surface area contributed by atoms with Gasteiger partial charge in [0.25, 0.3) is 0 Å². The van der Waals surface area contributed by atoms with Crippen molar-refractivity contribution in [3.05, 3.63) is 0 Å². The Labute approximate surface area is 166 Å². The Morgan fingerprint density at radius 3 is 2.07 bits per heavy atom. The number of aliphatic hydroxyl groups is 2. The van der Waals surface area contributed by atoms with Crippen molar-refractivity contribution in [1.82, 2.24) is 0 Å². The topological polar surface area (TPSA) is 130 Å². The van der Waals surface area contributed by atoms with Crippen LogP contribution in [0.5, 0.6) is 0 Å². The first-order chi connectivity index (χ1) is 5.37. The summed E-state index contributed by atoms with van der Waals surface area (Å²) in [6.07, 6.45) is -3.47. The summed E-state index contributed by atoms with van der Waals surface area (Å²) in [5, 5.41) is 17.2. The van der Waals surface area contributed by atoms with Gasteiger partial charge in [-0.25, -0.2) is 0 Å². The number of carbonyl (C=O) groups is 1. The van der Waals surface area contributed by atoms with Crippen molar-refractivity contribution in [1.29, 1.82) is 0 Å². The second-order valence-corrected chi connectivity index (χ2v) is 3.09. The molecule has 2 atom stereocenters. The number of aldehydes is 1. The van der Waals surface area contributed by atoms with Gasteiger partial charge in [0.05, 0.1) is 14.4 Å². The largest absolute Gasteiger partial charge is 1.00 e. The number of hydrogen-bond acceptors (Lipinski definition) is 7. The molecule has 0 rings (SSSR count). The van der Waals surface area contributed by atoms with Gasteiger partial charge in [0.15, 0.2) is 6.29 Å². The van der Waals surface area contributed by atoms with Gasteiger partial charge in [-0.05, 0) is 0 Å². The van der Waals surface area contributed by atoms with Crippen molar-refractivity contribution < 1.29 is 137 Å². The van der Waals surface area contributed by atoms with E-state index in [-0.39, 0.29) is 109 Å². The third-order valence-electron chi connectivity index (χ3n) is 0.937. The van der Waals surface area contributed by atoms with Crippen LogP contribution in [-0.2, 0) is 13.9 Å². The molecule has 0 amide bonds. The molecule has 0 aromatic heterocycles. The van der Waals surface area contributed by atoms with Crippen LogP contribution in [0.1, 0.15) is 0 Å². The minimum atomic E-state index is -5.16. The van der Waals surface area contributed by atoms with Crippen molar-refractivity contribution in [2.24, 2.45) is 0 Å². The molecule has 0 aromatic carbocycles. The molecular weight excluding hydrogens is 269 g/mol. The molecule has 0 heterocycles. The fourth-order valence-corrected chi connectivity index (χ4v) is 0.692. The minimum absolute atomic E-state index is 0. The molecule has 14 heavy (non-hydrogen) atoms. The normalized spacial score (nSPS) is 14.6. The van der Waals surface area contributed by atoms with Gasteiger partial charge in [0.2, 0.25) is 0 Å². The van der Waals surface area contributed by atoms with Crippen LogP contribution >= 0.6 is 7.82 Å². The second-order valence-electron chi connectivity index (χ2n) is 1.94. The van der Waals surface area contributed by atoms with Crippen LogP contribution in [0.3, 0.4) is 0 Å². The van der Waals surface area contributed by atoms with Crippen molar-refractivity contribution in [3.63, 3.8) is 0 Å². The van der Waals surface area contributed by atoms with Gasteiger partial charge >= 0.3 is 103 Å². The first-order valence-electron chi connectivity index (χ1n) is 2.85. The van der Waals surface area contributed by atoms with Crippen LogP contribution < -0.4 is 113 Å². The Hall–Kier alpha value is 2.97. The molecule has 0 aliphatic heterocycles. The summed E-state index contributed by atoms with van der Waals surface area (Å²) in [6, 6.07) is 0. The van der Waals surface area contributed by atoms with E-state index in [4.69, 9.17) is 10.2 Å². The van der Waals surface area contributed by atoms with E-state index < -0.39 is 26.6 Å². The van der Waals surface area contributed by atoms with Crippen molar-refractivity contribution >= 4 is 14.1 Å². The van der Waals surface area contributed by atoms with Crippen molar-refractivity contribution in [2.45, 2.75) is 12.2 Å². The molecule has 2 N–H and O–H groups in total. The van der Waals surface area contributed by atoms with Crippen LogP contribution in [-0.4, -0.2) is 35.3 Å². The van der Waals surface area contributed by atoms with E-state index in [9.17, 15) is 19.1 Å². The zero-order chi connectivity index (χ0) is 9.78. The second kappa shape index (κ2) is 11.1. The molecule has 0 fully saturated rings. The third kappa shape index (κ3) is 13.0. The molecule has 0 radical (unpaired) electrons. The maximum absolute atomic E-state index is 9.82. The summed E-state index contributed by atoms with van der Waals surface area (Å²) in [6.45, 7) is -0.926. The Kier molecular flexibility index (Phi) is 17.6. The van der Waals surface area contributed by atoms with Gasteiger partial charge < -0.3 is 33.9 Å². The average Bonchev–Trinajstić information content (AvgIpc) is 1.97. The van der Waals surface area contributed by atoms with Crippen LogP contribution in [0.4, 0.5) is 0 Å². The Morgan fingerprint density at radius 1 is 1.36 bits per heavy atom. The van der Waals surface area contributed by atoms with E-state index in [0.717, 1.165) is 0 Å². The van der Waals surface area contributed by atoms with Crippen LogP contribution in [0.2, 0.25) is 0 Å². The van der Waals surface area contributed by atoms with Crippen LogP contribution in [0, 0.1) is 0 Å². The summed E-state index contributed by atoms with van der Waals surface area (Å²) < 4.78 is 13.4. The number of carbonyl (C=O) groups excluding carboxylic acids is 1. The standard InChI is InChI=1S/C4H9O7P.2K/c5-1-3(6)4(7)2-11-12(8,9)10;;/h1,3-4,6-7H,2H2,(H2,8,9,10);;/q;2*+1/p-2. The summed E-state index contributed by atoms with van der Waals surface area (Å²) >= 11 is 0. The Balaban J connectivity index is -0.000000605. The number of hydrogen-bond donors (Lipinski definition) is 2. The van der Waals surface area contributed by atoms with Gasteiger partial charge in [-0.1, -0.05) is 0 Å². The van der Waals surface area contributed by atoms with Gasteiger partial charge in [0.1, 0.15) is 12.2 Å². The summed E-state index contributed by atoms with van der Waals surface area (Å²) in [4.78, 5) is 29.4. The smallest absolute Gasteiger partial charge is 0.790 e. The molecule has 0 aliphatic rings. The first-order valence-corrected chi connectivity index (χ1v) is 4.31. The predicted octanol–water partition coefficient (Wildman–Crippen LogP) is -9.24. The molecule has 7 nitrogen and oxygen atoms in total. The molecule has 0 saturated carbocycles. The molecule has 10 heteroatoms. The maximum Gasteiger partial charge on any atom is 1.00 e. The van der Waals surface area contributed by atoms with E-state index >= 15 is 0 Å². The third-order valence-corrected chi connectivity index (χ3v) is 1.40. The number of rotatable bonds is 5. The summed E-state index contributed by atoms with van der Waals surface area (Å²) in [5.41, 5.74) is 0. The van der Waals surface area contributed by atoms with E-state index in [2.05, 4.69) is 4.52 Å². The molecule has 0 aromatic rings. The van der Waals surface area contributed by atoms with E-state index in [1.54, 1.807) is 0 Å². The minimum Gasteiger partial charge on any atom is -0.790 e. The van der Waals surface area contributed by atoms with Crippen molar-refractivity contribution in [3.8, 4) is 0 Å². The molecule has 0 saturated heterocycles. The average molecular weight is 276 g/mol. The molecule has 0 aliphatic carbocycles. The monoisotopic (exact) mass is 276 g/mol. The van der Waals surface area contributed by atoms with E-state index in [1.807, 2.05) is 0 Å². The zero-order valence-electron chi connectivity index (χ0n) is 7.82. The fourth-order valence-electron chi connectivity index (χ4n) is 0.357. The molecule has 0 bridgehead atoms. The van der Waals surface area contributed by atoms with Crippen molar-refractivity contribution in [2.75, 3.05) is 6.61 Å². The number of phosphoric acid groups is 1. The summed E-state index contributed by atoms with van der Waals surface area (Å²) in [7, 11) is -5.16. The molecule has 72 valence electrons. The van der Waals surface area contributed by atoms with E-state index in [0.29, 0.717) is 0 Å². The maximum atomic E-state index is 9.82. The van der Waals surface area contributed by atoms with Gasteiger partial charge in [-0.15, -0.1) is 0 Å². The van der Waals surface area contributed by atoms with Gasteiger partial charge in [0, 0.05) is 0 Å². The van der Waals surface area contributed by atoms with Gasteiger partial charge in [-0.3, -0.25) is 0 Å². The van der Waals surface area contributed by atoms with E-state index in [1.165, 1.54) is 0 Å². The first kappa shape index (κ1) is 22.2. The fraction of sp³-hybridized carbons (Fsp3) is 0.750. The number of aliphatic hydroxyl groups excluding tert-OH is 2. The quantitative estimate of drug-likeness (QED) is 0.289. The Morgan fingerprint density at radius 2 is 1.79 bits per heavy atom. The summed E-state index contributed by atoms with van der Waals surface area (Å²) in [5.74, 6) is 0. The molecular formula is C4H7K2O7P. The molecule has 0 spiro atoms. The van der Waals surface area contributed by atoms with Crippen LogP contribution in [0.15, 0.2) is 0 Å². The molecule has 2 unspecified atom stereocenters. The Bertz CT molecular complexity index is 194. The zero-order valence-corrected chi connectivity index (χ0v) is 15.0. The predicted molar refractivity (Wildman–Crippen MR) is 31.6 cm³/mol. The van der Waals surface area contributed by atoms with Gasteiger partial charge in [-0.2, -0.15) is 0 Å².